The molecule has 1 aliphatic rings. The molecule has 0 unspecified atom stereocenters. The molecule has 1 fully saturated rings. The Bertz CT molecular complexity index is 825. The minimum Gasteiger partial charge on any atom is -0.348 e. The van der Waals surface area contributed by atoms with Gasteiger partial charge in [-0.15, -0.1) is 11.3 Å². The number of aryl methyl sites for hydroxylation is 2. The third-order valence-electron chi connectivity index (χ3n) is 4.63. The lowest BCUT2D eigenvalue weighted by Gasteiger charge is -2.25. The van der Waals surface area contributed by atoms with Crippen LogP contribution in [0.25, 0.3) is 0 Å². The highest BCUT2D eigenvalue weighted by Crippen LogP contribution is 2.24. The predicted octanol–water partition coefficient (Wildman–Crippen LogP) is 3.27. The Morgan fingerprint density at radius 2 is 1.92 bits per heavy atom. The summed E-state index contributed by atoms with van der Waals surface area (Å²) in [6.45, 7) is 6.41. The lowest BCUT2D eigenvalue weighted by Crippen LogP contribution is -2.29. The number of hydrogen-bond donors (Lipinski definition) is 1. The van der Waals surface area contributed by atoms with Crippen LogP contribution in [-0.4, -0.2) is 33.0 Å². The summed E-state index contributed by atoms with van der Waals surface area (Å²) in [6.07, 6.45) is 4.36. The number of thiazole rings is 1. The van der Waals surface area contributed by atoms with Crippen LogP contribution < -0.4 is 9.62 Å². The first kappa shape index (κ1) is 18.4. The van der Waals surface area contributed by atoms with Crippen molar-refractivity contribution in [3.63, 3.8) is 0 Å². The molecule has 0 aliphatic carbocycles. The highest BCUT2D eigenvalue weighted by atomic mass is 32.2. The van der Waals surface area contributed by atoms with Crippen LogP contribution in [0.15, 0.2) is 28.5 Å². The molecule has 1 aromatic heterocycles. The third kappa shape index (κ3) is 4.59. The van der Waals surface area contributed by atoms with Gasteiger partial charge in [-0.1, -0.05) is 6.07 Å². The summed E-state index contributed by atoms with van der Waals surface area (Å²) in [5, 5.41) is 3.10. The van der Waals surface area contributed by atoms with Crippen molar-refractivity contribution in [1.82, 2.24) is 9.71 Å². The second kappa shape index (κ2) is 7.85. The van der Waals surface area contributed by atoms with Crippen LogP contribution in [0.3, 0.4) is 0 Å². The molecule has 0 saturated carbocycles. The lowest BCUT2D eigenvalue weighted by molar-refractivity contribution is 0.575. The zero-order valence-electron chi connectivity index (χ0n) is 14.8. The molecule has 5 nitrogen and oxygen atoms in total. The molecule has 25 heavy (non-hydrogen) atoms. The summed E-state index contributed by atoms with van der Waals surface area (Å²) in [7, 11) is -3.47. The molecule has 0 bridgehead atoms. The molecule has 1 saturated heterocycles. The van der Waals surface area contributed by atoms with E-state index in [2.05, 4.69) is 14.6 Å². The van der Waals surface area contributed by atoms with Crippen molar-refractivity contribution < 1.29 is 8.42 Å². The van der Waals surface area contributed by atoms with Crippen LogP contribution >= 0.6 is 11.3 Å². The zero-order chi connectivity index (χ0) is 17.9. The Morgan fingerprint density at radius 1 is 1.16 bits per heavy atom. The molecule has 136 valence electrons. The van der Waals surface area contributed by atoms with Crippen molar-refractivity contribution in [2.75, 3.05) is 24.5 Å². The number of nitrogens with one attached hydrogen (secondary N) is 1. The number of piperidine rings is 1. The van der Waals surface area contributed by atoms with Crippen LogP contribution in [0, 0.1) is 13.8 Å². The molecule has 1 aliphatic heterocycles. The summed E-state index contributed by atoms with van der Waals surface area (Å²) in [4.78, 5) is 7.31. The maximum absolute atomic E-state index is 12.4. The molecule has 0 atom stereocenters. The number of sulfonamides is 1. The first-order valence-electron chi connectivity index (χ1n) is 8.72. The number of anilines is 1. The molecule has 1 N–H and O–H groups in total. The molecule has 2 heterocycles. The van der Waals surface area contributed by atoms with E-state index in [9.17, 15) is 8.42 Å². The molecule has 7 heteroatoms. The highest BCUT2D eigenvalue weighted by Gasteiger charge is 2.16. The van der Waals surface area contributed by atoms with Crippen LogP contribution in [0.4, 0.5) is 5.13 Å². The van der Waals surface area contributed by atoms with E-state index in [-0.39, 0.29) is 0 Å². The van der Waals surface area contributed by atoms with Gasteiger partial charge in [-0.2, -0.15) is 0 Å². The summed E-state index contributed by atoms with van der Waals surface area (Å²) in [6, 6.07) is 5.21. The van der Waals surface area contributed by atoms with Crippen LogP contribution in [0.1, 0.15) is 36.1 Å². The average molecular weight is 380 g/mol. The second-order valence-corrected chi connectivity index (χ2v) is 9.17. The normalized spacial score (nSPS) is 15.5. The maximum Gasteiger partial charge on any atom is 0.240 e. The zero-order valence-corrected chi connectivity index (χ0v) is 16.4. The largest absolute Gasteiger partial charge is 0.348 e. The van der Waals surface area contributed by atoms with Crippen molar-refractivity contribution in [3.05, 3.63) is 40.4 Å². The van der Waals surface area contributed by atoms with Gasteiger partial charge in [0.25, 0.3) is 0 Å². The Morgan fingerprint density at radius 3 is 2.64 bits per heavy atom. The van der Waals surface area contributed by atoms with E-state index in [1.165, 1.54) is 19.3 Å². The van der Waals surface area contributed by atoms with E-state index < -0.39 is 10.0 Å². The van der Waals surface area contributed by atoms with Gasteiger partial charge in [0.1, 0.15) is 0 Å². The molecule has 3 rings (SSSR count). The SMILES string of the molecule is Cc1ccc(S(=O)(=O)NCCc2csc(N3CCCCC3)n2)cc1C. The van der Waals surface area contributed by atoms with E-state index in [0.29, 0.717) is 17.9 Å². The van der Waals surface area contributed by atoms with Crippen molar-refractivity contribution in [3.8, 4) is 0 Å². The van der Waals surface area contributed by atoms with Gasteiger partial charge in [0.15, 0.2) is 5.13 Å². The van der Waals surface area contributed by atoms with Crippen LogP contribution in [0.5, 0.6) is 0 Å². The van der Waals surface area contributed by atoms with Gasteiger partial charge in [0, 0.05) is 31.4 Å². The Balaban J connectivity index is 1.57. The topological polar surface area (TPSA) is 62.3 Å². The maximum atomic E-state index is 12.4. The molecule has 2 aromatic rings. The van der Waals surface area contributed by atoms with Crippen molar-refractivity contribution in [2.45, 2.75) is 44.4 Å². The molecule has 0 radical (unpaired) electrons. The van der Waals surface area contributed by atoms with Gasteiger partial charge in [-0.3, -0.25) is 0 Å². The first-order chi connectivity index (χ1) is 12.0. The van der Waals surface area contributed by atoms with E-state index in [4.69, 9.17) is 0 Å². The fraction of sp³-hybridized carbons (Fsp3) is 0.500. The van der Waals surface area contributed by atoms with Gasteiger partial charge in [0.05, 0.1) is 10.6 Å². The van der Waals surface area contributed by atoms with E-state index >= 15 is 0 Å². The Hall–Kier alpha value is -1.44. The number of nitrogens with zero attached hydrogens (tertiary/aromatic N) is 2. The highest BCUT2D eigenvalue weighted by molar-refractivity contribution is 7.89. The quantitative estimate of drug-likeness (QED) is 0.837. The van der Waals surface area contributed by atoms with Crippen molar-refractivity contribution in [2.24, 2.45) is 0 Å². The Labute approximate surface area is 154 Å². The molecule has 0 spiro atoms. The fourth-order valence-corrected chi connectivity index (χ4v) is 4.95. The second-order valence-electron chi connectivity index (χ2n) is 6.56. The minimum atomic E-state index is -3.47. The van der Waals surface area contributed by atoms with Gasteiger partial charge in [0.2, 0.25) is 10.0 Å². The lowest BCUT2D eigenvalue weighted by atomic mass is 10.1. The third-order valence-corrected chi connectivity index (χ3v) is 7.04. The Kier molecular flexibility index (Phi) is 5.76. The van der Waals surface area contributed by atoms with Crippen molar-refractivity contribution in [1.29, 1.82) is 0 Å². The molecule has 1 aromatic carbocycles. The fourth-order valence-electron chi connectivity index (χ4n) is 2.92. The monoisotopic (exact) mass is 379 g/mol. The van der Waals surface area contributed by atoms with E-state index in [0.717, 1.165) is 35.0 Å². The predicted molar refractivity (Wildman–Crippen MR) is 103 cm³/mol. The van der Waals surface area contributed by atoms with E-state index in [1.54, 1.807) is 23.5 Å². The minimum absolute atomic E-state index is 0.322. The van der Waals surface area contributed by atoms with Gasteiger partial charge in [-0.25, -0.2) is 18.1 Å². The van der Waals surface area contributed by atoms with Crippen LogP contribution in [-0.2, 0) is 16.4 Å². The number of aromatic nitrogens is 1. The van der Waals surface area contributed by atoms with Crippen molar-refractivity contribution >= 4 is 26.5 Å². The summed E-state index contributed by atoms with van der Waals surface area (Å²) < 4.78 is 27.5. The first-order valence-corrected chi connectivity index (χ1v) is 11.1. The summed E-state index contributed by atoms with van der Waals surface area (Å²) >= 11 is 1.65. The summed E-state index contributed by atoms with van der Waals surface area (Å²) in [5.41, 5.74) is 3.02. The number of rotatable bonds is 6. The molecular weight excluding hydrogens is 354 g/mol. The van der Waals surface area contributed by atoms with E-state index in [1.807, 2.05) is 25.3 Å². The smallest absolute Gasteiger partial charge is 0.240 e. The molecule has 0 amide bonds. The molecular formula is C18H25N3O2S2. The number of benzene rings is 1. The van der Waals surface area contributed by atoms with Gasteiger partial charge < -0.3 is 4.90 Å². The summed E-state index contributed by atoms with van der Waals surface area (Å²) in [5.74, 6) is 0. The van der Waals surface area contributed by atoms with Gasteiger partial charge in [-0.05, 0) is 56.4 Å². The standard InChI is InChI=1S/C18H25N3O2S2/c1-14-6-7-17(12-15(14)2)25(22,23)19-9-8-16-13-24-18(20-16)21-10-4-3-5-11-21/h6-7,12-13,19H,3-5,8-11H2,1-2H3. The average Bonchev–Trinajstić information content (AvgIpc) is 3.07. The van der Waals surface area contributed by atoms with Gasteiger partial charge >= 0.3 is 0 Å². The van der Waals surface area contributed by atoms with Crippen LogP contribution in [0.2, 0.25) is 0 Å². The number of hydrogen-bond acceptors (Lipinski definition) is 5.